The quantitative estimate of drug-likeness (QED) is 0.633. The van der Waals surface area contributed by atoms with Gasteiger partial charge in [-0.2, -0.15) is 5.26 Å². The molecule has 1 aliphatic carbocycles. The number of fused-ring (bicyclic) bond motifs is 1. The molecule has 2 aromatic rings. The average molecular weight is 483 g/mol. The molecule has 0 fully saturated rings. The molecule has 178 valence electrons. The monoisotopic (exact) mass is 482 g/mol. The van der Waals surface area contributed by atoms with Gasteiger partial charge >= 0.3 is 6.09 Å². The summed E-state index contributed by atoms with van der Waals surface area (Å²) in [6.07, 6.45) is 4.54. The van der Waals surface area contributed by atoms with Crippen LogP contribution in [0.25, 0.3) is 10.4 Å². The number of hydrogen-bond donors (Lipinski definition) is 1. The molecule has 2 bridgehead atoms. The van der Waals surface area contributed by atoms with Crippen LogP contribution in [0.15, 0.2) is 36.0 Å². The van der Waals surface area contributed by atoms with Gasteiger partial charge in [0.15, 0.2) is 0 Å². The van der Waals surface area contributed by atoms with Crippen LogP contribution < -0.4 is 5.32 Å². The molecule has 1 aromatic carbocycles. The average Bonchev–Trinajstić information content (AvgIpc) is 3.49. The van der Waals surface area contributed by atoms with Crippen LogP contribution in [-0.2, 0) is 16.0 Å². The minimum absolute atomic E-state index is 0.0116. The van der Waals surface area contributed by atoms with Gasteiger partial charge in [-0.05, 0) is 63.3 Å². The number of thiazole rings is 1. The third kappa shape index (κ3) is 4.97. The number of amides is 2. The Morgan fingerprint density at radius 3 is 2.79 bits per heavy atom. The molecule has 0 spiro atoms. The molecule has 3 atom stereocenters. The number of aromatic nitrogens is 1. The molecule has 0 saturated carbocycles. The minimum Gasteiger partial charge on any atom is -0.444 e. The fourth-order valence-electron chi connectivity index (χ4n) is 4.36. The van der Waals surface area contributed by atoms with E-state index in [9.17, 15) is 19.2 Å². The Kier molecular flexibility index (Phi) is 6.45. The van der Waals surface area contributed by atoms with Crippen LogP contribution in [0.3, 0.4) is 0 Å². The number of nitrogens with zero attached hydrogens (tertiary/aromatic N) is 3. The second-order valence-corrected chi connectivity index (χ2v) is 10.8. The number of nitrogens with one attached hydrogen (secondary N) is 1. The van der Waals surface area contributed by atoms with Crippen molar-refractivity contribution in [1.29, 1.82) is 5.26 Å². The van der Waals surface area contributed by atoms with Crippen LogP contribution in [0.5, 0.6) is 0 Å². The van der Waals surface area contributed by atoms with Crippen LogP contribution in [-0.4, -0.2) is 45.6 Å². The van der Waals surface area contributed by atoms with Gasteiger partial charge in [0.1, 0.15) is 23.5 Å². The van der Waals surface area contributed by atoms with Gasteiger partial charge in [-0.3, -0.25) is 9.69 Å². The number of halogens is 1. The zero-order valence-corrected chi connectivity index (χ0v) is 20.4. The minimum atomic E-state index is -0.946. The number of rotatable bonds is 5. The van der Waals surface area contributed by atoms with E-state index in [1.165, 1.54) is 22.3 Å². The first-order valence-electron chi connectivity index (χ1n) is 11.2. The number of carbonyl (C=O) groups excluding carboxylic acids is 2. The summed E-state index contributed by atoms with van der Waals surface area (Å²) in [7, 11) is 0. The van der Waals surface area contributed by atoms with Gasteiger partial charge in [0.2, 0.25) is 5.91 Å². The summed E-state index contributed by atoms with van der Waals surface area (Å²) in [6.45, 7) is 7.20. The maximum absolute atomic E-state index is 14.8. The highest BCUT2D eigenvalue weighted by Gasteiger charge is 2.47. The molecular weight excluding hydrogens is 455 g/mol. The van der Waals surface area contributed by atoms with Crippen LogP contribution in [0, 0.1) is 24.1 Å². The van der Waals surface area contributed by atoms with Crippen molar-refractivity contribution in [3.63, 3.8) is 0 Å². The van der Waals surface area contributed by atoms with Gasteiger partial charge in [-0.15, -0.1) is 11.3 Å². The van der Waals surface area contributed by atoms with E-state index in [4.69, 9.17) is 4.74 Å². The number of nitriles is 1. The van der Waals surface area contributed by atoms with Crippen molar-refractivity contribution < 1.29 is 18.7 Å². The number of hydrogen-bond acceptors (Lipinski definition) is 6. The lowest BCUT2D eigenvalue weighted by Gasteiger charge is -2.36. The van der Waals surface area contributed by atoms with E-state index in [2.05, 4.69) is 10.3 Å². The maximum Gasteiger partial charge on any atom is 0.411 e. The molecule has 0 saturated heterocycles. The molecule has 2 heterocycles. The Morgan fingerprint density at radius 2 is 2.18 bits per heavy atom. The molecule has 2 aliphatic rings. The van der Waals surface area contributed by atoms with E-state index in [1.807, 2.05) is 19.1 Å². The SMILES string of the molecule is Cc1ncc(-c2ccc(C[C@@H](C#N)NC(=O)[C@@H]3C4=C[C@@H](CC4)N3C(=O)OC(C)(C)C)c(F)c2)s1. The third-order valence-corrected chi connectivity index (χ3v) is 6.79. The van der Waals surface area contributed by atoms with Crippen molar-refractivity contribution in [3.05, 3.63) is 52.4 Å². The summed E-state index contributed by atoms with van der Waals surface area (Å²) in [4.78, 5) is 32.4. The largest absolute Gasteiger partial charge is 0.444 e. The number of piperidine rings is 1. The van der Waals surface area contributed by atoms with E-state index in [1.54, 1.807) is 39.1 Å². The molecular formula is C25H27FN4O3S. The lowest BCUT2D eigenvalue weighted by Crippen LogP contribution is -2.55. The summed E-state index contributed by atoms with van der Waals surface area (Å²) < 4.78 is 20.3. The molecule has 2 amide bonds. The summed E-state index contributed by atoms with van der Waals surface area (Å²) in [5.41, 5.74) is 1.20. The maximum atomic E-state index is 14.8. The lowest BCUT2D eigenvalue weighted by molar-refractivity contribution is -0.126. The molecule has 0 unspecified atom stereocenters. The van der Waals surface area contributed by atoms with Crippen molar-refractivity contribution in [3.8, 4) is 16.5 Å². The standard InChI is InChI=1S/C25H27FN4O3S/c1-14-28-13-21(34-14)16-6-5-15(20(26)11-16)9-18(12-27)29-23(31)22-17-7-8-19(10-17)30(22)24(32)33-25(2,3)4/h5-6,10-11,13,18-19,22H,7-9H2,1-4H3,(H,29,31)/t18-,19+,22-/m0/s1. The summed E-state index contributed by atoms with van der Waals surface area (Å²) in [5, 5.41) is 13.2. The number of likely N-dealkylation sites (tertiary alicyclic amines) is 1. The van der Waals surface area contributed by atoms with Gasteiger partial charge in [0.25, 0.3) is 0 Å². The normalized spacial score (nSPS) is 20.0. The van der Waals surface area contributed by atoms with Gasteiger partial charge in [0, 0.05) is 12.6 Å². The van der Waals surface area contributed by atoms with Gasteiger partial charge in [-0.1, -0.05) is 18.2 Å². The second-order valence-electron chi connectivity index (χ2n) is 9.58. The number of benzene rings is 1. The van der Waals surface area contributed by atoms with Gasteiger partial charge in [0.05, 0.1) is 22.0 Å². The first-order valence-corrected chi connectivity index (χ1v) is 12.0. The first kappa shape index (κ1) is 23.9. The van der Waals surface area contributed by atoms with E-state index in [0.29, 0.717) is 17.5 Å². The lowest BCUT2D eigenvalue weighted by atomic mass is 10.00. The van der Waals surface area contributed by atoms with Crippen LogP contribution in [0.4, 0.5) is 9.18 Å². The Hall–Kier alpha value is -3.25. The molecule has 0 radical (unpaired) electrons. The fraction of sp³-hybridized carbons (Fsp3) is 0.440. The number of aryl methyl sites for hydroxylation is 1. The van der Waals surface area contributed by atoms with Crippen LogP contribution in [0.2, 0.25) is 0 Å². The summed E-state index contributed by atoms with van der Waals surface area (Å²) in [6, 6.07) is 4.93. The highest BCUT2D eigenvalue weighted by atomic mass is 32.1. The smallest absolute Gasteiger partial charge is 0.411 e. The highest BCUT2D eigenvalue weighted by Crippen LogP contribution is 2.38. The molecule has 1 N–H and O–H groups in total. The highest BCUT2D eigenvalue weighted by molar-refractivity contribution is 7.15. The number of ether oxygens (including phenoxy) is 1. The fourth-order valence-corrected chi connectivity index (χ4v) is 5.13. The molecule has 1 aromatic heterocycles. The zero-order chi connectivity index (χ0) is 24.6. The van der Waals surface area contributed by atoms with E-state index < -0.39 is 35.5 Å². The van der Waals surface area contributed by atoms with Crippen LogP contribution in [0.1, 0.15) is 44.2 Å². The predicted molar refractivity (Wildman–Crippen MR) is 126 cm³/mol. The molecule has 34 heavy (non-hydrogen) atoms. The third-order valence-electron chi connectivity index (χ3n) is 5.83. The predicted octanol–water partition coefficient (Wildman–Crippen LogP) is 4.52. The molecule has 4 rings (SSSR count). The zero-order valence-electron chi connectivity index (χ0n) is 19.6. The van der Waals surface area contributed by atoms with Crippen molar-refractivity contribution >= 4 is 23.3 Å². The Morgan fingerprint density at radius 1 is 1.41 bits per heavy atom. The van der Waals surface area contributed by atoms with Crippen molar-refractivity contribution in [2.75, 3.05) is 0 Å². The number of carbonyl (C=O) groups is 2. The second kappa shape index (κ2) is 9.18. The van der Waals surface area contributed by atoms with Gasteiger partial charge in [-0.25, -0.2) is 14.2 Å². The first-order chi connectivity index (χ1) is 16.1. The summed E-state index contributed by atoms with van der Waals surface area (Å²) >= 11 is 1.47. The van der Waals surface area contributed by atoms with Crippen molar-refractivity contribution in [1.82, 2.24) is 15.2 Å². The molecule has 1 aliphatic heterocycles. The molecule has 9 heteroatoms. The Balaban J connectivity index is 1.46. The van der Waals surface area contributed by atoms with E-state index in [-0.39, 0.29) is 12.5 Å². The van der Waals surface area contributed by atoms with Crippen molar-refractivity contribution in [2.24, 2.45) is 0 Å². The van der Waals surface area contributed by atoms with E-state index in [0.717, 1.165) is 21.9 Å². The van der Waals surface area contributed by atoms with Gasteiger partial charge < -0.3 is 10.1 Å². The Bertz CT molecular complexity index is 1190. The Labute approximate surface area is 202 Å². The molecule has 7 nitrogen and oxygen atoms in total. The van der Waals surface area contributed by atoms with Crippen molar-refractivity contribution in [2.45, 2.75) is 70.7 Å². The summed E-state index contributed by atoms with van der Waals surface area (Å²) in [5.74, 6) is -0.904. The van der Waals surface area contributed by atoms with E-state index >= 15 is 0 Å². The topological polar surface area (TPSA) is 95.3 Å². The van der Waals surface area contributed by atoms with Crippen LogP contribution >= 0.6 is 11.3 Å².